The normalized spacial score (nSPS) is 30.4. The molecule has 1 aromatic rings. The fourth-order valence-corrected chi connectivity index (χ4v) is 4.25. The highest BCUT2D eigenvalue weighted by Gasteiger charge is 2.46. The number of fused-ring (bicyclic) bond motifs is 1. The number of methoxy groups -OCH3 is 3. The van der Waals surface area contributed by atoms with Gasteiger partial charge in [-0.05, 0) is 31.9 Å². The third kappa shape index (κ3) is 2.88. The van der Waals surface area contributed by atoms with Crippen LogP contribution >= 0.6 is 0 Å². The van der Waals surface area contributed by atoms with Crippen LogP contribution in [0.2, 0.25) is 0 Å². The van der Waals surface area contributed by atoms with Crippen LogP contribution in [-0.4, -0.2) is 38.6 Å². The molecule has 2 aliphatic rings. The molecule has 1 saturated carbocycles. The zero-order chi connectivity index (χ0) is 16.4. The molecule has 2 N–H and O–H groups in total. The molecule has 0 amide bonds. The molecule has 0 radical (unpaired) electrons. The number of hydrogen-bond donors (Lipinski definition) is 2. The lowest BCUT2D eigenvalue weighted by Crippen LogP contribution is -2.53. The van der Waals surface area contributed by atoms with Crippen molar-refractivity contribution in [2.75, 3.05) is 27.9 Å². The quantitative estimate of drug-likeness (QED) is 0.893. The molecule has 3 rings (SSSR count). The van der Waals surface area contributed by atoms with Crippen LogP contribution in [0.5, 0.6) is 17.2 Å². The third-order valence-corrected chi connectivity index (χ3v) is 5.46. The Bertz CT molecular complexity index is 558. The zero-order valence-electron chi connectivity index (χ0n) is 14.2. The van der Waals surface area contributed by atoms with Gasteiger partial charge >= 0.3 is 0 Å². The molecule has 23 heavy (non-hydrogen) atoms. The van der Waals surface area contributed by atoms with E-state index in [1.165, 1.54) is 6.42 Å². The van der Waals surface area contributed by atoms with Crippen molar-refractivity contribution in [3.05, 3.63) is 17.7 Å². The fraction of sp³-hybridized carbons (Fsp3) is 0.667. The maximum atomic E-state index is 11.1. The Morgan fingerprint density at radius 1 is 1.00 bits per heavy atom. The number of hydrogen-bond acceptors (Lipinski definition) is 5. The van der Waals surface area contributed by atoms with Gasteiger partial charge in [0.1, 0.15) is 5.75 Å². The summed E-state index contributed by atoms with van der Waals surface area (Å²) < 4.78 is 16.4. The van der Waals surface area contributed by atoms with Crippen LogP contribution in [-0.2, 0) is 0 Å². The Labute approximate surface area is 137 Å². The molecule has 0 spiro atoms. The summed E-state index contributed by atoms with van der Waals surface area (Å²) in [6, 6.07) is 3.92. The molecule has 5 nitrogen and oxygen atoms in total. The predicted octanol–water partition coefficient (Wildman–Crippen LogP) is 2.67. The molecule has 0 aromatic heterocycles. The molecule has 128 valence electrons. The summed E-state index contributed by atoms with van der Waals surface area (Å²) in [7, 11) is 4.93. The van der Waals surface area contributed by atoms with E-state index in [2.05, 4.69) is 5.32 Å². The summed E-state index contributed by atoms with van der Waals surface area (Å²) in [4.78, 5) is 0. The van der Waals surface area contributed by atoms with Crippen molar-refractivity contribution in [1.82, 2.24) is 5.32 Å². The Balaban J connectivity index is 2.02. The number of benzene rings is 1. The minimum absolute atomic E-state index is 0.0730. The lowest BCUT2D eigenvalue weighted by Gasteiger charge is -2.48. The molecular formula is C18H27NO4. The van der Waals surface area contributed by atoms with Crippen LogP contribution in [0.3, 0.4) is 0 Å². The maximum Gasteiger partial charge on any atom is 0.164 e. The van der Waals surface area contributed by atoms with E-state index in [4.69, 9.17) is 14.2 Å². The van der Waals surface area contributed by atoms with Crippen molar-refractivity contribution >= 4 is 0 Å². The highest BCUT2D eigenvalue weighted by Crippen LogP contribution is 2.49. The summed E-state index contributed by atoms with van der Waals surface area (Å²) in [6.07, 6.45) is 5.03. The van der Waals surface area contributed by atoms with Crippen molar-refractivity contribution in [2.45, 2.75) is 43.7 Å². The molecular weight excluding hydrogens is 294 g/mol. The van der Waals surface area contributed by atoms with Gasteiger partial charge in [0, 0.05) is 23.6 Å². The molecule has 1 aromatic carbocycles. The second-order valence-electron chi connectivity index (χ2n) is 6.59. The van der Waals surface area contributed by atoms with Gasteiger partial charge in [-0.1, -0.05) is 12.8 Å². The van der Waals surface area contributed by atoms with Gasteiger partial charge in [-0.3, -0.25) is 0 Å². The summed E-state index contributed by atoms with van der Waals surface area (Å²) >= 11 is 0. The van der Waals surface area contributed by atoms with Crippen LogP contribution in [0.25, 0.3) is 0 Å². The average molecular weight is 321 g/mol. The van der Waals surface area contributed by atoms with Gasteiger partial charge in [-0.2, -0.15) is 0 Å². The van der Waals surface area contributed by atoms with Gasteiger partial charge in [0.2, 0.25) is 0 Å². The molecule has 3 atom stereocenters. The minimum atomic E-state index is -0.563. The number of piperidine rings is 1. The molecule has 1 aliphatic carbocycles. The Morgan fingerprint density at radius 2 is 1.70 bits per heavy atom. The number of rotatable bonds is 4. The highest BCUT2D eigenvalue weighted by molar-refractivity contribution is 5.52. The number of ether oxygens (including phenoxy) is 3. The second-order valence-corrected chi connectivity index (χ2v) is 6.59. The molecule has 1 heterocycles. The Morgan fingerprint density at radius 3 is 2.39 bits per heavy atom. The van der Waals surface area contributed by atoms with E-state index in [0.717, 1.165) is 43.5 Å². The monoisotopic (exact) mass is 321 g/mol. The molecule has 3 unspecified atom stereocenters. The SMILES string of the molecule is COc1cc(OC)c(C2NCCC3(O)CCCCC23)cc1OC. The van der Waals surface area contributed by atoms with E-state index in [1.807, 2.05) is 12.1 Å². The third-order valence-electron chi connectivity index (χ3n) is 5.46. The first kappa shape index (κ1) is 16.4. The summed E-state index contributed by atoms with van der Waals surface area (Å²) in [5.74, 6) is 2.32. The van der Waals surface area contributed by atoms with Crippen LogP contribution in [0, 0.1) is 5.92 Å². The second kappa shape index (κ2) is 6.57. The van der Waals surface area contributed by atoms with Crippen LogP contribution < -0.4 is 19.5 Å². The predicted molar refractivity (Wildman–Crippen MR) is 88.4 cm³/mol. The van der Waals surface area contributed by atoms with E-state index in [1.54, 1.807) is 21.3 Å². The summed E-state index contributed by atoms with van der Waals surface area (Å²) in [5.41, 5.74) is 0.474. The maximum absolute atomic E-state index is 11.1. The first-order valence-electron chi connectivity index (χ1n) is 8.38. The van der Waals surface area contributed by atoms with Gasteiger partial charge in [-0.15, -0.1) is 0 Å². The van der Waals surface area contributed by atoms with Crippen molar-refractivity contribution in [3.8, 4) is 17.2 Å². The number of nitrogens with one attached hydrogen (secondary N) is 1. The van der Waals surface area contributed by atoms with Crippen molar-refractivity contribution in [3.63, 3.8) is 0 Å². The highest BCUT2D eigenvalue weighted by atomic mass is 16.5. The summed E-state index contributed by atoms with van der Waals surface area (Å²) in [6.45, 7) is 0.815. The molecule has 1 saturated heterocycles. The average Bonchev–Trinajstić information content (AvgIpc) is 2.59. The lowest BCUT2D eigenvalue weighted by molar-refractivity contribution is -0.0863. The van der Waals surface area contributed by atoms with Crippen molar-refractivity contribution < 1.29 is 19.3 Å². The smallest absolute Gasteiger partial charge is 0.164 e. The topological polar surface area (TPSA) is 60.0 Å². The summed E-state index contributed by atoms with van der Waals surface area (Å²) in [5, 5.41) is 14.7. The Hall–Kier alpha value is -1.46. The van der Waals surface area contributed by atoms with Crippen molar-refractivity contribution in [2.24, 2.45) is 5.92 Å². The van der Waals surface area contributed by atoms with Crippen molar-refractivity contribution in [1.29, 1.82) is 0 Å². The molecule has 5 heteroatoms. The zero-order valence-corrected chi connectivity index (χ0v) is 14.2. The van der Waals surface area contributed by atoms with Gasteiger partial charge in [-0.25, -0.2) is 0 Å². The van der Waals surface area contributed by atoms with Gasteiger partial charge in [0.15, 0.2) is 11.5 Å². The molecule has 1 aliphatic heterocycles. The van der Waals surface area contributed by atoms with Gasteiger partial charge in [0.05, 0.1) is 26.9 Å². The lowest BCUT2D eigenvalue weighted by atomic mass is 9.66. The largest absolute Gasteiger partial charge is 0.496 e. The van der Waals surface area contributed by atoms with Gasteiger partial charge < -0.3 is 24.6 Å². The van der Waals surface area contributed by atoms with Crippen LogP contribution in [0.4, 0.5) is 0 Å². The van der Waals surface area contributed by atoms with E-state index in [0.29, 0.717) is 11.5 Å². The van der Waals surface area contributed by atoms with E-state index in [-0.39, 0.29) is 12.0 Å². The number of aliphatic hydroxyl groups is 1. The van der Waals surface area contributed by atoms with Crippen LogP contribution in [0.1, 0.15) is 43.7 Å². The van der Waals surface area contributed by atoms with E-state index >= 15 is 0 Å². The minimum Gasteiger partial charge on any atom is -0.496 e. The molecule has 0 bridgehead atoms. The Kier molecular flexibility index (Phi) is 4.69. The van der Waals surface area contributed by atoms with Crippen LogP contribution in [0.15, 0.2) is 12.1 Å². The van der Waals surface area contributed by atoms with E-state index in [9.17, 15) is 5.11 Å². The molecule has 2 fully saturated rings. The first-order valence-corrected chi connectivity index (χ1v) is 8.38. The van der Waals surface area contributed by atoms with E-state index < -0.39 is 5.60 Å². The van der Waals surface area contributed by atoms with Gasteiger partial charge in [0.25, 0.3) is 0 Å². The fourth-order valence-electron chi connectivity index (χ4n) is 4.25. The standard InChI is InChI=1S/C18H27NO4/c1-21-14-11-16(23-3)15(22-2)10-12(14)17-13-6-4-5-7-18(13,20)8-9-19-17/h10-11,13,17,19-20H,4-9H2,1-3H3. The first-order chi connectivity index (χ1) is 11.1.